The zero-order chi connectivity index (χ0) is 19.5. The van der Waals surface area contributed by atoms with E-state index >= 15 is 0 Å². The molecule has 2 heterocycles. The summed E-state index contributed by atoms with van der Waals surface area (Å²) in [5.41, 5.74) is 1.46. The van der Waals surface area contributed by atoms with Gasteiger partial charge in [0.25, 0.3) is 0 Å². The van der Waals surface area contributed by atoms with Crippen LogP contribution in [0.15, 0.2) is 53.1 Å². The van der Waals surface area contributed by atoms with Crippen LogP contribution in [0.2, 0.25) is 0 Å². The molecule has 1 aromatic heterocycles. The van der Waals surface area contributed by atoms with E-state index < -0.39 is 0 Å². The molecule has 4 rings (SSSR count). The minimum atomic E-state index is -0.324. The average molecular weight is 383 g/mol. The molecule has 1 aliphatic rings. The summed E-state index contributed by atoms with van der Waals surface area (Å²) in [6.07, 6.45) is 1.93. The van der Waals surface area contributed by atoms with Gasteiger partial charge in [0.1, 0.15) is 11.6 Å². The first-order chi connectivity index (χ1) is 13.6. The van der Waals surface area contributed by atoms with Crippen molar-refractivity contribution in [1.82, 2.24) is 15.0 Å². The maximum atomic E-state index is 13.1. The van der Waals surface area contributed by atoms with Gasteiger partial charge in [-0.1, -0.05) is 17.3 Å². The summed E-state index contributed by atoms with van der Waals surface area (Å²) in [6, 6.07) is 11.9. The minimum Gasteiger partial charge on any atom is -0.342 e. The van der Waals surface area contributed by atoms with Crippen molar-refractivity contribution in [2.24, 2.45) is 0 Å². The number of piperidine rings is 1. The Kier molecular flexibility index (Phi) is 5.14. The summed E-state index contributed by atoms with van der Waals surface area (Å²) in [7, 11) is 0. The summed E-state index contributed by atoms with van der Waals surface area (Å²) < 4.78 is 31.5. The first-order valence-electron chi connectivity index (χ1n) is 9.20. The predicted molar refractivity (Wildman–Crippen MR) is 98.4 cm³/mol. The van der Waals surface area contributed by atoms with Crippen LogP contribution in [0.5, 0.6) is 0 Å². The Morgan fingerprint density at radius 3 is 2.46 bits per heavy atom. The molecule has 0 N–H and O–H groups in total. The van der Waals surface area contributed by atoms with Crippen molar-refractivity contribution in [2.45, 2.75) is 25.2 Å². The fourth-order valence-corrected chi connectivity index (χ4v) is 3.41. The smallest absolute Gasteiger partial charge is 0.231 e. The normalized spacial score (nSPS) is 16.9. The number of amides is 1. The zero-order valence-electron chi connectivity index (χ0n) is 15.1. The van der Waals surface area contributed by atoms with Crippen molar-refractivity contribution in [3.05, 3.63) is 71.6 Å². The van der Waals surface area contributed by atoms with Gasteiger partial charge in [0.05, 0.1) is 12.3 Å². The van der Waals surface area contributed by atoms with Gasteiger partial charge in [-0.3, -0.25) is 4.79 Å². The monoisotopic (exact) mass is 383 g/mol. The fraction of sp³-hybridized carbons (Fsp3) is 0.286. The van der Waals surface area contributed by atoms with E-state index in [9.17, 15) is 13.6 Å². The number of carbonyl (C=O) groups is 1. The third kappa shape index (κ3) is 4.08. The summed E-state index contributed by atoms with van der Waals surface area (Å²) in [4.78, 5) is 18.9. The Morgan fingerprint density at radius 1 is 1.07 bits per heavy atom. The molecule has 1 atom stereocenters. The maximum absolute atomic E-state index is 13.1. The molecule has 0 aliphatic carbocycles. The maximum Gasteiger partial charge on any atom is 0.231 e. The molecule has 0 radical (unpaired) electrons. The van der Waals surface area contributed by atoms with Gasteiger partial charge in [-0.15, -0.1) is 0 Å². The van der Waals surface area contributed by atoms with Crippen molar-refractivity contribution in [3.63, 3.8) is 0 Å². The number of carbonyl (C=O) groups excluding carboxylic acids is 1. The van der Waals surface area contributed by atoms with Crippen LogP contribution in [-0.2, 0) is 11.2 Å². The van der Waals surface area contributed by atoms with Crippen LogP contribution in [0.25, 0.3) is 11.4 Å². The molecule has 0 bridgehead atoms. The Labute approximate surface area is 161 Å². The summed E-state index contributed by atoms with van der Waals surface area (Å²) >= 11 is 0. The molecule has 1 amide bonds. The third-order valence-corrected chi connectivity index (χ3v) is 4.94. The van der Waals surface area contributed by atoms with Crippen LogP contribution in [0.1, 0.15) is 30.2 Å². The third-order valence-electron chi connectivity index (χ3n) is 4.94. The molecule has 5 nitrogen and oxygen atoms in total. The Hall–Kier alpha value is -3.09. The van der Waals surface area contributed by atoms with Crippen LogP contribution in [0.3, 0.4) is 0 Å². The molecule has 0 saturated carbocycles. The van der Waals surface area contributed by atoms with Gasteiger partial charge < -0.3 is 9.42 Å². The van der Waals surface area contributed by atoms with E-state index in [2.05, 4.69) is 10.1 Å². The van der Waals surface area contributed by atoms with Crippen LogP contribution >= 0.6 is 0 Å². The summed E-state index contributed by atoms with van der Waals surface area (Å²) in [5, 5.41) is 3.99. The second-order valence-corrected chi connectivity index (χ2v) is 6.95. The second-order valence-electron chi connectivity index (χ2n) is 6.95. The van der Waals surface area contributed by atoms with Crippen molar-refractivity contribution in [1.29, 1.82) is 0 Å². The van der Waals surface area contributed by atoms with Crippen LogP contribution in [0, 0.1) is 11.6 Å². The average Bonchev–Trinajstić information content (AvgIpc) is 3.21. The van der Waals surface area contributed by atoms with E-state index in [0.717, 1.165) is 18.4 Å². The lowest BCUT2D eigenvalue weighted by molar-refractivity contribution is -0.131. The van der Waals surface area contributed by atoms with E-state index in [1.807, 2.05) is 0 Å². The van der Waals surface area contributed by atoms with E-state index in [1.165, 1.54) is 24.3 Å². The minimum absolute atomic E-state index is 0.00502. The van der Waals surface area contributed by atoms with Gasteiger partial charge in [0.2, 0.25) is 17.6 Å². The summed E-state index contributed by atoms with van der Waals surface area (Å²) in [6.45, 7) is 1.18. The highest BCUT2D eigenvalue weighted by molar-refractivity contribution is 5.79. The number of halogens is 2. The van der Waals surface area contributed by atoms with Gasteiger partial charge in [-0.2, -0.15) is 4.98 Å². The van der Waals surface area contributed by atoms with Gasteiger partial charge in [0, 0.05) is 18.7 Å². The number of benzene rings is 2. The molecule has 28 heavy (non-hydrogen) atoms. The van der Waals surface area contributed by atoms with Gasteiger partial charge in [0.15, 0.2) is 0 Å². The van der Waals surface area contributed by atoms with E-state index in [1.54, 1.807) is 29.2 Å². The predicted octanol–water partition coefficient (Wildman–Crippen LogP) is 3.96. The highest BCUT2D eigenvalue weighted by Crippen LogP contribution is 2.28. The molecule has 7 heteroatoms. The fourth-order valence-electron chi connectivity index (χ4n) is 3.41. The lowest BCUT2D eigenvalue weighted by Crippen LogP contribution is -2.40. The Balaban J connectivity index is 1.43. The highest BCUT2D eigenvalue weighted by Gasteiger charge is 2.28. The number of hydrogen-bond acceptors (Lipinski definition) is 4. The van der Waals surface area contributed by atoms with Crippen LogP contribution < -0.4 is 0 Å². The standard InChI is InChI=1S/C21H19F2N3O2/c22-17-7-3-14(4-8-17)12-19(27)26-11-1-2-16(13-26)21-24-20(25-28-21)15-5-9-18(23)10-6-15/h3-10,16H,1-2,11-13H2/t16-/m1/s1. The highest BCUT2D eigenvalue weighted by atomic mass is 19.1. The van der Waals surface area contributed by atoms with Crippen molar-refractivity contribution < 1.29 is 18.1 Å². The molecule has 0 unspecified atom stereocenters. The molecule has 1 fully saturated rings. The quantitative estimate of drug-likeness (QED) is 0.684. The number of likely N-dealkylation sites (tertiary alicyclic amines) is 1. The van der Waals surface area contributed by atoms with Crippen molar-refractivity contribution in [3.8, 4) is 11.4 Å². The van der Waals surface area contributed by atoms with Gasteiger partial charge >= 0.3 is 0 Å². The van der Waals surface area contributed by atoms with Crippen LogP contribution in [0.4, 0.5) is 8.78 Å². The van der Waals surface area contributed by atoms with Gasteiger partial charge in [-0.05, 0) is 54.8 Å². The topological polar surface area (TPSA) is 59.2 Å². The molecule has 1 saturated heterocycles. The molecular weight excluding hydrogens is 364 g/mol. The zero-order valence-corrected chi connectivity index (χ0v) is 15.1. The van der Waals surface area contributed by atoms with E-state index in [0.29, 0.717) is 30.4 Å². The number of hydrogen-bond donors (Lipinski definition) is 0. The number of aromatic nitrogens is 2. The second kappa shape index (κ2) is 7.88. The first-order valence-corrected chi connectivity index (χ1v) is 9.20. The summed E-state index contributed by atoms with van der Waals surface area (Å²) in [5.74, 6) is 0.211. The lowest BCUT2D eigenvalue weighted by atomic mass is 9.97. The SMILES string of the molecule is O=C(Cc1ccc(F)cc1)N1CCC[C@@H](c2nc(-c3ccc(F)cc3)no2)C1. The van der Waals surface area contributed by atoms with E-state index in [4.69, 9.17) is 4.52 Å². The molecule has 144 valence electrons. The Bertz CT molecular complexity index is 955. The Morgan fingerprint density at radius 2 is 1.75 bits per heavy atom. The number of nitrogens with zero attached hydrogens (tertiary/aromatic N) is 3. The molecule has 1 aliphatic heterocycles. The molecule has 0 spiro atoms. The number of rotatable bonds is 4. The largest absolute Gasteiger partial charge is 0.342 e. The molecule has 2 aromatic carbocycles. The van der Waals surface area contributed by atoms with Crippen molar-refractivity contribution in [2.75, 3.05) is 13.1 Å². The first kappa shape index (κ1) is 18.3. The van der Waals surface area contributed by atoms with E-state index in [-0.39, 0.29) is 29.9 Å². The van der Waals surface area contributed by atoms with Crippen LogP contribution in [-0.4, -0.2) is 34.0 Å². The lowest BCUT2D eigenvalue weighted by Gasteiger charge is -2.31. The van der Waals surface area contributed by atoms with Crippen molar-refractivity contribution >= 4 is 5.91 Å². The molecular formula is C21H19F2N3O2. The molecule has 3 aromatic rings. The van der Waals surface area contributed by atoms with Gasteiger partial charge in [-0.25, -0.2) is 8.78 Å².